The van der Waals surface area contributed by atoms with Crippen molar-refractivity contribution in [3.63, 3.8) is 0 Å². The summed E-state index contributed by atoms with van der Waals surface area (Å²) in [6.07, 6.45) is 5.14. The van der Waals surface area contributed by atoms with E-state index in [-0.39, 0.29) is 0 Å². The van der Waals surface area contributed by atoms with E-state index in [9.17, 15) is 0 Å². The lowest BCUT2D eigenvalue weighted by Crippen LogP contribution is -2.37. The summed E-state index contributed by atoms with van der Waals surface area (Å²) in [4.78, 5) is 0. The van der Waals surface area contributed by atoms with Crippen molar-refractivity contribution >= 4 is 0 Å². The van der Waals surface area contributed by atoms with Gasteiger partial charge in [-0.25, -0.2) is 0 Å². The number of ether oxygens (including phenoxy) is 1. The molecule has 0 bridgehead atoms. The van der Waals surface area contributed by atoms with Gasteiger partial charge in [-0.2, -0.15) is 0 Å². The van der Waals surface area contributed by atoms with E-state index in [0.717, 1.165) is 18.8 Å². The summed E-state index contributed by atoms with van der Waals surface area (Å²) in [5.41, 5.74) is 1.35. The number of rotatable bonds is 6. The van der Waals surface area contributed by atoms with Crippen molar-refractivity contribution in [2.45, 2.75) is 44.7 Å². The van der Waals surface area contributed by atoms with Gasteiger partial charge in [0, 0.05) is 12.1 Å². The van der Waals surface area contributed by atoms with Crippen molar-refractivity contribution in [1.29, 1.82) is 0 Å². The molecule has 2 rings (SSSR count). The molecule has 1 aromatic carbocycles. The summed E-state index contributed by atoms with van der Waals surface area (Å²) >= 11 is 0. The van der Waals surface area contributed by atoms with Gasteiger partial charge in [-0.05, 0) is 57.5 Å². The molecule has 1 heterocycles. The van der Waals surface area contributed by atoms with Gasteiger partial charge in [-0.3, -0.25) is 0 Å². The molecule has 0 spiro atoms. The maximum atomic E-state index is 5.49. The van der Waals surface area contributed by atoms with Gasteiger partial charge >= 0.3 is 0 Å². The minimum absolute atomic E-state index is 0.422. The molecule has 0 aromatic heterocycles. The van der Waals surface area contributed by atoms with Crippen LogP contribution in [-0.4, -0.2) is 26.2 Å². The zero-order valence-corrected chi connectivity index (χ0v) is 12.1. The average molecular weight is 262 g/mol. The summed E-state index contributed by atoms with van der Waals surface area (Å²) < 4.78 is 5.49. The highest BCUT2D eigenvalue weighted by Crippen LogP contribution is 2.23. The Morgan fingerprint density at radius 1 is 1.32 bits per heavy atom. The number of nitrogens with one attached hydrogen (secondary N) is 2. The first kappa shape index (κ1) is 14.4. The van der Waals surface area contributed by atoms with Crippen LogP contribution in [-0.2, 0) is 0 Å². The minimum Gasteiger partial charge on any atom is -0.494 e. The molecule has 19 heavy (non-hydrogen) atoms. The van der Waals surface area contributed by atoms with Crippen LogP contribution in [0.1, 0.15) is 44.2 Å². The summed E-state index contributed by atoms with van der Waals surface area (Å²) in [7, 11) is 2.05. The average Bonchev–Trinajstić information content (AvgIpc) is 2.47. The van der Waals surface area contributed by atoms with Gasteiger partial charge in [0.1, 0.15) is 5.75 Å². The molecule has 3 heteroatoms. The Labute approximate surface area is 116 Å². The Bertz CT molecular complexity index is 358. The van der Waals surface area contributed by atoms with Gasteiger partial charge < -0.3 is 15.4 Å². The SMILES string of the molecule is CCOc1ccc(C(CC2CCCCN2)NC)cc1. The highest BCUT2D eigenvalue weighted by Gasteiger charge is 2.18. The van der Waals surface area contributed by atoms with E-state index in [1.54, 1.807) is 0 Å². The molecule has 2 atom stereocenters. The maximum absolute atomic E-state index is 5.49. The summed E-state index contributed by atoms with van der Waals surface area (Å²) in [6.45, 7) is 3.91. The van der Waals surface area contributed by atoms with Crippen molar-refractivity contribution in [1.82, 2.24) is 10.6 Å². The largest absolute Gasteiger partial charge is 0.494 e. The number of benzene rings is 1. The first-order valence-electron chi connectivity index (χ1n) is 7.47. The van der Waals surface area contributed by atoms with Gasteiger partial charge in [-0.1, -0.05) is 18.6 Å². The molecule has 1 aromatic rings. The molecule has 0 saturated carbocycles. The minimum atomic E-state index is 0.422. The van der Waals surface area contributed by atoms with Crippen LogP contribution in [0.15, 0.2) is 24.3 Å². The number of hydrogen-bond acceptors (Lipinski definition) is 3. The predicted molar refractivity (Wildman–Crippen MR) is 79.7 cm³/mol. The predicted octanol–water partition coefficient (Wildman–Crippen LogP) is 2.88. The van der Waals surface area contributed by atoms with E-state index in [0.29, 0.717) is 12.1 Å². The molecule has 3 nitrogen and oxygen atoms in total. The Hall–Kier alpha value is -1.06. The molecule has 0 radical (unpaired) electrons. The van der Waals surface area contributed by atoms with E-state index in [1.165, 1.54) is 31.4 Å². The van der Waals surface area contributed by atoms with Crippen molar-refractivity contribution in [3.8, 4) is 5.75 Å². The topological polar surface area (TPSA) is 33.3 Å². The van der Waals surface area contributed by atoms with Crippen LogP contribution < -0.4 is 15.4 Å². The Morgan fingerprint density at radius 3 is 2.68 bits per heavy atom. The third-order valence-corrected chi connectivity index (χ3v) is 3.87. The van der Waals surface area contributed by atoms with Crippen LogP contribution in [0.2, 0.25) is 0 Å². The van der Waals surface area contributed by atoms with Crippen LogP contribution in [0.3, 0.4) is 0 Å². The first-order chi connectivity index (χ1) is 9.33. The van der Waals surface area contributed by atoms with E-state index in [1.807, 2.05) is 14.0 Å². The van der Waals surface area contributed by atoms with Crippen molar-refractivity contribution in [3.05, 3.63) is 29.8 Å². The fourth-order valence-corrected chi connectivity index (χ4v) is 2.79. The van der Waals surface area contributed by atoms with Crippen molar-refractivity contribution in [2.75, 3.05) is 20.2 Å². The molecule has 0 aliphatic carbocycles. The third kappa shape index (κ3) is 4.22. The van der Waals surface area contributed by atoms with Crippen LogP contribution in [0.25, 0.3) is 0 Å². The highest BCUT2D eigenvalue weighted by atomic mass is 16.5. The molecule has 106 valence electrons. The lowest BCUT2D eigenvalue weighted by atomic mass is 9.94. The smallest absolute Gasteiger partial charge is 0.119 e. The monoisotopic (exact) mass is 262 g/mol. The summed E-state index contributed by atoms with van der Waals surface area (Å²) in [5, 5.41) is 7.06. The molecule has 1 saturated heterocycles. The van der Waals surface area contributed by atoms with E-state index >= 15 is 0 Å². The van der Waals surface area contributed by atoms with Crippen LogP contribution in [0, 0.1) is 0 Å². The van der Waals surface area contributed by atoms with Gasteiger partial charge in [0.05, 0.1) is 6.61 Å². The van der Waals surface area contributed by atoms with Crippen LogP contribution >= 0.6 is 0 Å². The van der Waals surface area contributed by atoms with Gasteiger partial charge in [-0.15, -0.1) is 0 Å². The van der Waals surface area contributed by atoms with E-state index in [2.05, 4.69) is 34.9 Å². The molecular formula is C16H26N2O. The van der Waals surface area contributed by atoms with Crippen molar-refractivity contribution in [2.24, 2.45) is 0 Å². The van der Waals surface area contributed by atoms with Crippen LogP contribution in [0.4, 0.5) is 0 Å². The maximum Gasteiger partial charge on any atom is 0.119 e. The molecule has 1 aliphatic heterocycles. The molecule has 2 N–H and O–H groups in total. The van der Waals surface area contributed by atoms with E-state index in [4.69, 9.17) is 4.74 Å². The molecular weight excluding hydrogens is 236 g/mol. The Morgan fingerprint density at radius 2 is 2.11 bits per heavy atom. The lowest BCUT2D eigenvalue weighted by Gasteiger charge is -2.28. The van der Waals surface area contributed by atoms with E-state index < -0.39 is 0 Å². The zero-order chi connectivity index (χ0) is 13.5. The first-order valence-corrected chi connectivity index (χ1v) is 7.47. The lowest BCUT2D eigenvalue weighted by molar-refractivity contribution is 0.338. The summed E-state index contributed by atoms with van der Waals surface area (Å²) in [6, 6.07) is 9.56. The molecule has 1 fully saturated rings. The third-order valence-electron chi connectivity index (χ3n) is 3.87. The standard InChI is InChI=1S/C16H26N2O/c1-3-19-15-9-7-13(8-10-15)16(17-2)12-14-6-4-5-11-18-14/h7-10,14,16-18H,3-6,11-12H2,1-2H3. The van der Waals surface area contributed by atoms with Gasteiger partial charge in [0.2, 0.25) is 0 Å². The second kappa shape index (κ2) is 7.51. The fourth-order valence-electron chi connectivity index (χ4n) is 2.79. The van der Waals surface area contributed by atoms with Gasteiger partial charge in [0.25, 0.3) is 0 Å². The molecule has 0 amide bonds. The number of hydrogen-bond donors (Lipinski definition) is 2. The molecule has 2 unspecified atom stereocenters. The van der Waals surface area contributed by atoms with Crippen molar-refractivity contribution < 1.29 is 4.74 Å². The normalized spacial score (nSPS) is 21.1. The summed E-state index contributed by atoms with van der Waals surface area (Å²) in [5.74, 6) is 0.955. The second-order valence-corrected chi connectivity index (χ2v) is 5.23. The Kier molecular flexibility index (Phi) is 5.67. The fraction of sp³-hybridized carbons (Fsp3) is 0.625. The van der Waals surface area contributed by atoms with Gasteiger partial charge in [0.15, 0.2) is 0 Å². The second-order valence-electron chi connectivity index (χ2n) is 5.23. The Balaban J connectivity index is 1.95. The molecule has 1 aliphatic rings. The van der Waals surface area contributed by atoms with Crippen LogP contribution in [0.5, 0.6) is 5.75 Å². The number of piperidine rings is 1. The highest BCUT2D eigenvalue weighted by molar-refractivity contribution is 5.29. The quantitative estimate of drug-likeness (QED) is 0.827. The zero-order valence-electron chi connectivity index (χ0n) is 12.1.